The summed E-state index contributed by atoms with van der Waals surface area (Å²) < 4.78 is 0. The molecule has 5 nitrogen and oxygen atoms in total. The van der Waals surface area contributed by atoms with Gasteiger partial charge < -0.3 is 20.4 Å². The van der Waals surface area contributed by atoms with Crippen molar-refractivity contribution in [2.75, 3.05) is 32.7 Å². The Morgan fingerprint density at radius 1 is 1.00 bits per heavy atom. The number of ketones is 1. The van der Waals surface area contributed by atoms with Gasteiger partial charge in [0.05, 0.1) is 18.8 Å². The third kappa shape index (κ3) is 4.17. The fourth-order valence-electron chi connectivity index (χ4n) is 5.02. The average molecular weight is 411 g/mol. The van der Waals surface area contributed by atoms with Crippen molar-refractivity contribution >= 4 is 5.78 Å². The van der Waals surface area contributed by atoms with Gasteiger partial charge in [-0.15, -0.1) is 0 Å². The van der Waals surface area contributed by atoms with Crippen LogP contribution in [0.3, 0.4) is 0 Å². The number of rotatable bonds is 6. The van der Waals surface area contributed by atoms with Crippen LogP contribution in [-0.2, 0) is 4.79 Å². The summed E-state index contributed by atoms with van der Waals surface area (Å²) in [5.41, 5.74) is 6.17. The van der Waals surface area contributed by atoms with Crippen LogP contribution in [0, 0.1) is 5.92 Å². The normalized spacial score (nSPS) is 23.3. The Kier molecular flexibility index (Phi) is 6.55. The summed E-state index contributed by atoms with van der Waals surface area (Å²) in [4.78, 5) is 17.8. The van der Waals surface area contributed by atoms with Crippen LogP contribution in [0.4, 0.5) is 0 Å². The third-order valence-corrected chi connectivity index (χ3v) is 7.08. The molecule has 4 aliphatic rings. The van der Waals surface area contributed by atoms with Crippen molar-refractivity contribution in [1.29, 1.82) is 0 Å². The second-order valence-electron chi connectivity index (χ2n) is 9.08. The van der Waals surface area contributed by atoms with Crippen LogP contribution in [0.15, 0.2) is 46.2 Å². The number of allylic oxidation sites excluding steroid dienone is 5. The van der Waals surface area contributed by atoms with E-state index in [0.717, 1.165) is 50.2 Å². The van der Waals surface area contributed by atoms with Crippen LogP contribution >= 0.6 is 0 Å². The molecule has 1 atom stereocenters. The van der Waals surface area contributed by atoms with Crippen LogP contribution < -0.4 is 10.6 Å². The zero-order valence-corrected chi connectivity index (χ0v) is 19.0. The van der Waals surface area contributed by atoms with Gasteiger partial charge >= 0.3 is 0 Å². The first-order valence-corrected chi connectivity index (χ1v) is 12.0. The highest BCUT2D eigenvalue weighted by Gasteiger charge is 2.29. The Labute approximate surface area is 181 Å². The first-order valence-electron chi connectivity index (χ1n) is 12.0. The van der Waals surface area contributed by atoms with Gasteiger partial charge in [0, 0.05) is 36.9 Å². The molecule has 0 aromatic heterocycles. The maximum Gasteiger partial charge on any atom is 0.181 e. The average Bonchev–Trinajstić information content (AvgIpc) is 2.82. The van der Waals surface area contributed by atoms with Gasteiger partial charge in [0.1, 0.15) is 5.82 Å². The van der Waals surface area contributed by atoms with E-state index in [2.05, 4.69) is 46.4 Å². The van der Waals surface area contributed by atoms with Gasteiger partial charge in [-0.1, -0.05) is 20.8 Å². The molecule has 1 fully saturated rings. The molecule has 164 valence electrons. The maximum atomic E-state index is 12.8. The van der Waals surface area contributed by atoms with Crippen LogP contribution in [0.5, 0.6) is 0 Å². The summed E-state index contributed by atoms with van der Waals surface area (Å²) in [5, 5.41) is 7.24. The Bertz CT molecular complexity index is 798. The molecule has 0 aromatic carbocycles. The largest absolute Gasteiger partial charge is 0.376 e. The number of piperidine rings is 1. The fraction of sp³-hybridized carbons (Fsp3) is 0.640. The minimum atomic E-state index is 0.0756. The second-order valence-corrected chi connectivity index (χ2v) is 9.08. The van der Waals surface area contributed by atoms with E-state index >= 15 is 0 Å². The third-order valence-electron chi connectivity index (χ3n) is 7.08. The van der Waals surface area contributed by atoms with Gasteiger partial charge in [-0.25, -0.2) is 0 Å². The van der Waals surface area contributed by atoms with E-state index in [4.69, 9.17) is 0 Å². The van der Waals surface area contributed by atoms with Gasteiger partial charge in [-0.3, -0.25) is 4.79 Å². The molecule has 0 saturated carbocycles. The lowest BCUT2D eigenvalue weighted by Crippen LogP contribution is -2.44. The number of dihydropyridines is 2. The van der Waals surface area contributed by atoms with Crippen molar-refractivity contribution in [2.45, 2.75) is 65.7 Å². The molecular formula is C25H38N4O. The Morgan fingerprint density at radius 2 is 1.77 bits per heavy atom. The highest BCUT2D eigenvalue weighted by molar-refractivity contribution is 5.97. The summed E-state index contributed by atoms with van der Waals surface area (Å²) in [6, 6.07) is 0. The minimum absolute atomic E-state index is 0.0756. The first kappa shape index (κ1) is 21.1. The summed E-state index contributed by atoms with van der Waals surface area (Å²) in [5.74, 6) is 1.61. The predicted octanol–water partition coefficient (Wildman–Crippen LogP) is 4.03. The number of carbonyl (C=O) groups is 1. The monoisotopic (exact) mass is 410 g/mol. The molecule has 0 bridgehead atoms. The molecule has 4 aliphatic heterocycles. The van der Waals surface area contributed by atoms with Gasteiger partial charge in [0.2, 0.25) is 0 Å². The molecule has 1 unspecified atom stereocenters. The Balaban J connectivity index is 1.58. The van der Waals surface area contributed by atoms with Crippen molar-refractivity contribution in [3.8, 4) is 0 Å². The summed E-state index contributed by atoms with van der Waals surface area (Å²) in [7, 11) is 0. The van der Waals surface area contributed by atoms with Crippen LogP contribution in [0.25, 0.3) is 0 Å². The number of carbonyl (C=O) groups excluding carboxylic acids is 1. The minimum Gasteiger partial charge on any atom is -0.376 e. The first-order chi connectivity index (χ1) is 14.6. The number of hydrogen-bond acceptors (Lipinski definition) is 5. The number of Topliss-reactive ketones (excluding diaryl/α,β-unsaturated/α-hetero) is 1. The highest BCUT2D eigenvalue weighted by atomic mass is 16.1. The molecule has 30 heavy (non-hydrogen) atoms. The summed E-state index contributed by atoms with van der Waals surface area (Å²) in [6.07, 6.45) is 12.8. The van der Waals surface area contributed by atoms with Gasteiger partial charge in [0.15, 0.2) is 5.78 Å². The molecule has 5 heteroatoms. The topological polar surface area (TPSA) is 47.6 Å². The molecule has 0 aliphatic carbocycles. The van der Waals surface area contributed by atoms with E-state index < -0.39 is 0 Å². The number of hydrogen-bond donors (Lipinski definition) is 2. The maximum absolute atomic E-state index is 12.8. The number of likely N-dealkylation sites (tertiary alicyclic amines) is 1. The van der Waals surface area contributed by atoms with Gasteiger partial charge in [-0.05, 0) is 68.2 Å². The number of nitrogens with zero attached hydrogens (tertiary/aromatic N) is 2. The van der Waals surface area contributed by atoms with E-state index in [1.165, 1.54) is 61.6 Å². The van der Waals surface area contributed by atoms with Crippen molar-refractivity contribution in [3.63, 3.8) is 0 Å². The Hall–Kier alpha value is -2.17. The lowest BCUT2D eigenvalue weighted by Gasteiger charge is -2.41. The molecule has 2 N–H and O–H groups in total. The standard InChI is InChI=1S/C25H38N4O/c1-4-18(3)24(30)23-19(5-2)14-22(17-26-23)29-13-9-10-20-15-21(16-27-25(20)29)28-11-7-6-8-12-28/h14-15,18,26-27H,4-13,16-17H2,1-3H3. The van der Waals surface area contributed by atoms with E-state index in [9.17, 15) is 4.79 Å². The van der Waals surface area contributed by atoms with E-state index in [1.54, 1.807) is 0 Å². The fourth-order valence-corrected chi connectivity index (χ4v) is 5.02. The van der Waals surface area contributed by atoms with Crippen molar-refractivity contribution in [1.82, 2.24) is 20.4 Å². The molecule has 0 radical (unpaired) electrons. The quantitative estimate of drug-likeness (QED) is 0.692. The van der Waals surface area contributed by atoms with Crippen LogP contribution in [-0.4, -0.2) is 48.3 Å². The Morgan fingerprint density at radius 3 is 2.50 bits per heavy atom. The molecule has 0 aromatic rings. The van der Waals surface area contributed by atoms with Crippen LogP contribution in [0.2, 0.25) is 0 Å². The highest BCUT2D eigenvalue weighted by Crippen LogP contribution is 2.32. The molecule has 4 rings (SSSR count). The smallest absolute Gasteiger partial charge is 0.181 e. The van der Waals surface area contributed by atoms with Gasteiger partial charge in [-0.2, -0.15) is 0 Å². The van der Waals surface area contributed by atoms with E-state index in [-0.39, 0.29) is 11.7 Å². The van der Waals surface area contributed by atoms with Gasteiger partial charge in [0.25, 0.3) is 0 Å². The molecule has 0 amide bonds. The molecular weight excluding hydrogens is 372 g/mol. The van der Waals surface area contributed by atoms with Crippen molar-refractivity contribution in [2.24, 2.45) is 5.92 Å². The van der Waals surface area contributed by atoms with Crippen molar-refractivity contribution < 1.29 is 4.79 Å². The SMILES string of the molecule is CCC1=C(C(=O)C(C)CC)NCC(N2CCCC3=C2NCC(N2CCCCC2)=C3)=C1. The predicted molar refractivity (Wildman–Crippen MR) is 122 cm³/mol. The zero-order valence-electron chi connectivity index (χ0n) is 19.0. The molecule has 0 spiro atoms. The summed E-state index contributed by atoms with van der Waals surface area (Å²) in [6.45, 7) is 11.3. The zero-order chi connectivity index (χ0) is 21.1. The van der Waals surface area contributed by atoms with E-state index in [0.29, 0.717) is 0 Å². The molecule has 4 heterocycles. The number of nitrogens with one attached hydrogen (secondary N) is 2. The van der Waals surface area contributed by atoms with Crippen molar-refractivity contribution in [3.05, 3.63) is 46.2 Å². The van der Waals surface area contributed by atoms with Crippen LogP contribution in [0.1, 0.15) is 65.7 Å². The lowest BCUT2D eigenvalue weighted by atomic mass is 9.94. The lowest BCUT2D eigenvalue weighted by molar-refractivity contribution is -0.119. The van der Waals surface area contributed by atoms with E-state index in [1.807, 2.05) is 6.92 Å². The summed E-state index contributed by atoms with van der Waals surface area (Å²) >= 11 is 0. The molecule has 1 saturated heterocycles. The second kappa shape index (κ2) is 9.32.